The van der Waals surface area contributed by atoms with Crippen molar-refractivity contribution in [1.29, 1.82) is 0 Å². The zero-order chi connectivity index (χ0) is 20.7. The van der Waals surface area contributed by atoms with Crippen molar-refractivity contribution in [3.63, 3.8) is 0 Å². The van der Waals surface area contributed by atoms with Gasteiger partial charge < -0.3 is 19.9 Å². The van der Waals surface area contributed by atoms with Crippen molar-refractivity contribution in [3.05, 3.63) is 69.5 Å². The molecule has 0 saturated carbocycles. The number of carboxylic acid groups (broad SMARTS) is 1. The predicted octanol–water partition coefficient (Wildman–Crippen LogP) is 2.69. The third-order valence-corrected chi connectivity index (χ3v) is 5.18. The Labute approximate surface area is 165 Å². The highest BCUT2D eigenvalue weighted by atomic mass is 19.1. The molecule has 0 radical (unpaired) electrons. The van der Waals surface area contributed by atoms with Gasteiger partial charge >= 0.3 is 5.97 Å². The molecule has 150 valence electrons. The summed E-state index contributed by atoms with van der Waals surface area (Å²) in [5.41, 5.74) is 0.542. The Morgan fingerprint density at radius 3 is 2.48 bits per heavy atom. The van der Waals surface area contributed by atoms with Gasteiger partial charge in [-0.2, -0.15) is 0 Å². The van der Waals surface area contributed by atoms with E-state index in [0.717, 1.165) is 6.07 Å². The molecule has 1 aromatic heterocycles. The number of rotatable bonds is 3. The van der Waals surface area contributed by atoms with Crippen molar-refractivity contribution in [3.8, 4) is 5.69 Å². The molecule has 6 nitrogen and oxygen atoms in total. The number of carbonyl (C=O) groups is 1. The summed E-state index contributed by atoms with van der Waals surface area (Å²) in [4.78, 5) is 26.2. The molecule has 1 fully saturated rings. The highest BCUT2D eigenvalue weighted by Crippen LogP contribution is 2.28. The van der Waals surface area contributed by atoms with Crippen molar-refractivity contribution in [2.75, 3.05) is 31.1 Å². The Kier molecular flexibility index (Phi) is 4.79. The van der Waals surface area contributed by atoms with Gasteiger partial charge in [-0.25, -0.2) is 13.6 Å². The summed E-state index contributed by atoms with van der Waals surface area (Å²) in [5, 5.41) is 12.6. The van der Waals surface area contributed by atoms with Gasteiger partial charge in [0.1, 0.15) is 17.2 Å². The third-order valence-electron chi connectivity index (χ3n) is 5.18. The van der Waals surface area contributed by atoms with Gasteiger partial charge in [0.2, 0.25) is 5.43 Å². The lowest BCUT2D eigenvalue weighted by Gasteiger charge is -2.30. The van der Waals surface area contributed by atoms with E-state index >= 15 is 0 Å². The highest BCUT2D eigenvalue weighted by molar-refractivity contribution is 5.94. The third kappa shape index (κ3) is 3.36. The molecule has 0 bridgehead atoms. The van der Waals surface area contributed by atoms with Gasteiger partial charge in [0.05, 0.1) is 11.2 Å². The normalized spacial score (nSPS) is 14.4. The van der Waals surface area contributed by atoms with Crippen LogP contribution in [0.5, 0.6) is 0 Å². The lowest BCUT2D eigenvalue weighted by molar-refractivity contribution is 0.0695. The number of hydrogen-bond donors (Lipinski definition) is 2. The molecule has 0 unspecified atom stereocenters. The van der Waals surface area contributed by atoms with Crippen LogP contribution in [0.2, 0.25) is 0 Å². The maximum Gasteiger partial charge on any atom is 0.341 e. The summed E-state index contributed by atoms with van der Waals surface area (Å²) in [7, 11) is 0. The first kappa shape index (κ1) is 19.1. The van der Waals surface area contributed by atoms with Crippen molar-refractivity contribution in [2.45, 2.75) is 6.92 Å². The monoisotopic (exact) mass is 399 g/mol. The number of anilines is 1. The average molecular weight is 399 g/mol. The molecule has 1 aliphatic heterocycles. The quantitative estimate of drug-likeness (QED) is 0.709. The summed E-state index contributed by atoms with van der Waals surface area (Å²) >= 11 is 0. The van der Waals surface area contributed by atoms with Gasteiger partial charge in [0, 0.05) is 43.4 Å². The zero-order valence-corrected chi connectivity index (χ0v) is 15.7. The number of aromatic carboxylic acids is 1. The molecular formula is C21H19F2N3O3. The summed E-state index contributed by atoms with van der Waals surface area (Å²) in [6.07, 6.45) is 1.21. The maximum atomic E-state index is 14.9. The second-order valence-corrected chi connectivity index (χ2v) is 7.04. The fraction of sp³-hybridized carbons (Fsp3) is 0.238. The number of benzene rings is 2. The second-order valence-electron chi connectivity index (χ2n) is 7.04. The van der Waals surface area contributed by atoms with Gasteiger partial charge in [-0.1, -0.05) is 0 Å². The van der Waals surface area contributed by atoms with Crippen LogP contribution in [0.15, 0.2) is 41.3 Å². The molecule has 8 heteroatoms. The van der Waals surface area contributed by atoms with Crippen LogP contribution in [0.4, 0.5) is 14.5 Å². The molecule has 0 aliphatic carbocycles. The molecule has 1 saturated heterocycles. The molecule has 1 aliphatic rings. The fourth-order valence-electron chi connectivity index (χ4n) is 3.72. The number of nitrogens with zero attached hydrogens (tertiary/aromatic N) is 2. The van der Waals surface area contributed by atoms with Crippen LogP contribution in [0.25, 0.3) is 16.6 Å². The van der Waals surface area contributed by atoms with Crippen molar-refractivity contribution in [1.82, 2.24) is 9.88 Å². The van der Waals surface area contributed by atoms with E-state index in [1.807, 2.05) is 4.90 Å². The van der Waals surface area contributed by atoms with E-state index in [9.17, 15) is 23.5 Å². The molecule has 0 amide bonds. The summed E-state index contributed by atoms with van der Waals surface area (Å²) in [6.45, 7) is 4.31. The van der Waals surface area contributed by atoms with Crippen LogP contribution in [-0.4, -0.2) is 41.8 Å². The van der Waals surface area contributed by atoms with E-state index in [1.165, 1.54) is 29.0 Å². The molecule has 2 N–H and O–H groups in total. The Hall–Kier alpha value is -3.26. The highest BCUT2D eigenvalue weighted by Gasteiger charge is 2.21. The zero-order valence-electron chi connectivity index (χ0n) is 15.7. The van der Waals surface area contributed by atoms with Gasteiger partial charge in [-0.15, -0.1) is 0 Å². The summed E-state index contributed by atoms with van der Waals surface area (Å²) in [6, 6.07) is 6.74. The van der Waals surface area contributed by atoms with Crippen molar-refractivity contribution >= 4 is 22.6 Å². The van der Waals surface area contributed by atoms with Crippen molar-refractivity contribution < 1.29 is 18.7 Å². The molecule has 0 spiro atoms. The Balaban J connectivity index is 2.05. The second kappa shape index (κ2) is 7.29. The van der Waals surface area contributed by atoms with E-state index in [2.05, 4.69) is 5.32 Å². The number of carboxylic acids is 1. The largest absolute Gasteiger partial charge is 0.477 e. The van der Waals surface area contributed by atoms with E-state index in [-0.39, 0.29) is 5.39 Å². The van der Waals surface area contributed by atoms with Crippen LogP contribution < -0.4 is 15.6 Å². The standard InChI is InChI=1S/C21H19F2N3O3/c1-12-8-13(22)2-3-17(12)26-11-15(21(28)29)20(27)14-9-16(23)19(10-18(14)26)25-6-4-24-5-7-25/h2-3,8-11,24H,4-7H2,1H3,(H,28,29). The van der Waals surface area contributed by atoms with Gasteiger partial charge in [-0.3, -0.25) is 4.79 Å². The van der Waals surface area contributed by atoms with E-state index < -0.39 is 28.6 Å². The molecule has 2 heterocycles. The molecule has 2 aromatic carbocycles. The number of pyridine rings is 1. The molecule has 29 heavy (non-hydrogen) atoms. The van der Waals surface area contributed by atoms with Gasteiger partial charge in [-0.05, 0) is 42.8 Å². The van der Waals surface area contributed by atoms with Crippen LogP contribution in [-0.2, 0) is 0 Å². The average Bonchev–Trinajstić information content (AvgIpc) is 2.69. The number of hydrogen-bond acceptors (Lipinski definition) is 4. The number of nitrogens with one attached hydrogen (secondary N) is 1. The van der Waals surface area contributed by atoms with Crippen LogP contribution in [0, 0.1) is 18.6 Å². The maximum absolute atomic E-state index is 14.9. The topological polar surface area (TPSA) is 74.6 Å². The van der Waals surface area contributed by atoms with Crippen LogP contribution in [0.3, 0.4) is 0 Å². The lowest BCUT2D eigenvalue weighted by atomic mass is 10.1. The minimum absolute atomic E-state index is 0.0370. The lowest BCUT2D eigenvalue weighted by Crippen LogP contribution is -2.43. The minimum Gasteiger partial charge on any atom is -0.477 e. The van der Waals surface area contributed by atoms with E-state index in [0.29, 0.717) is 48.6 Å². The minimum atomic E-state index is -1.41. The first-order chi connectivity index (χ1) is 13.9. The van der Waals surface area contributed by atoms with E-state index in [1.54, 1.807) is 13.0 Å². The smallest absolute Gasteiger partial charge is 0.341 e. The molecule has 3 aromatic rings. The predicted molar refractivity (Wildman–Crippen MR) is 106 cm³/mol. The number of aryl methyl sites for hydroxylation is 1. The SMILES string of the molecule is Cc1cc(F)ccc1-n1cc(C(=O)O)c(=O)c2cc(F)c(N3CCNCC3)cc21. The molecule has 0 atom stereocenters. The van der Waals surface area contributed by atoms with Gasteiger partial charge in [0.25, 0.3) is 0 Å². The first-order valence-electron chi connectivity index (χ1n) is 9.21. The number of piperazine rings is 1. The van der Waals surface area contributed by atoms with Crippen molar-refractivity contribution in [2.24, 2.45) is 0 Å². The van der Waals surface area contributed by atoms with Gasteiger partial charge in [0.15, 0.2) is 0 Å². The van der Waals surface area contributed by atoms with Crippen LogP contribution in [0.1, 0.15) is 15.9 Å². The summed E-state index contributed by atoms with van der Waals surface area (Å²) < 4.78 is 30.0. The Bertz CT molecular complexity index is 1180. The summed E-state index contributed by atoms with van der Waals surface area (Å²) in [5.74, 6) is -2.42. The first-order valence-corrected chi connectivity index (χ1v) is 9.21. The van der Waals surface area contributed by atoms with Crippen LogP contribution >= 0.6 is 0 Å². The fourth-order valence-corrected chi connectivity index (χ4v) is 3.72. The molecular weight excluding hydrogens is 380 g/mol. The number of aromatic nitrogens is 1. The number of fused-ring (bicyclic) bond motifs is 1. The Morgan fingerprint density at radius 2 is 1.83 bits per heavy atom. The number of halogens is 2. The molecule has 4 rings (SSSR count). The van der Waals surface area contributed by atoms with E-state index in [4.69, 9.17) is 0 Å². The Morgan fingerprint density at radius 1 is 1.10 bits per heavy atom.